The number of hydrogen-bond donors (Lipinski definition) is 2. The molecule has 0 saturated heterocycles. The predicted octanol–water partition coefficient (Wildman–Crippen LogP) is 4.36. The Hall–Kier alpha value is -3.99. The van der Waals surface area contributed by atoms with Crippen molar-refractivity contribution in [3.8, 4) is 17.3 Å². The summed E-state index contributed by atoms with van der Waals surface area (Å²) >= 11 is 0. The number of nitrogens with zero attached hydrogens (tertiary/aromatic N) is 5. The van der Waals surface area contributed by atoms with Crippen molar-refractivity contribution in [2.45, 2.75) is 38.1 Å². The monoisotopic (exact) mass is 413 g/mol. The summed E-state index contributed by atoms with van der Waals surface area (Å²) in [6.07, 6.45) is 9.57. The first-order valence-corrected chi connectivity index (χ1v) is 10.3. The Morgan fingerprint density at radius 1 is 1.16 bits per heavy atom. The molecule has 31 heavy (non-hydrogen) atoms. The number of aromatic nitrogens is 3. The Bertz CT molecular complexity index is 1100. The van der Waals surface area contributed by atoms with Crippen LogP contribution in [-0.2, 0) is 0 Å². The van der Waals surface area contributed by atoms with Gasteiger partial charge in [0.15, 0.2) is 11.6 Å². The van der Waals surface area contributed by atoms with Crippen molar-refractivity contribution >= 4 is 23.4 Å². The van der Waals surface area contributed by atoms with E-state index in [4.69, 9.17) is 10.7 Å². The van der Waals surface area contributed by atoms with Crippen LogP contribution in [0.1, 0.15) is 37.7 Å². The molecule has 156 valence electrons. The van der Waals surface area contributed by atoms with E-state index in [1.807, 2.05) is 12.1 Å². The zero-order valence-electron chi connectivity index (χ0n) is 17.0. The van der Waals surface area contributed by atoms with Gasteiger partial charge in [-0.05, 0) is 37.1 Å². The number of nitrogens with one attached hydrogen (secondary N) is 1. The normalized spacial score (nSPS) is 13.9. The van der Waals surface area contributed by atoms with Crippen LogP contribution in [0.2, 0.25) is 0 Å². The Labute approximate surface area is 180 Å². The standard InChI is InChI=1S/C23H23N7O/c24-14-16-5-4-6-17(13-16)20-10-9-19(25)22(28-20)30(18-7-2-1-3-8-18)23(31)29-21-15-26-11-12-27-21/h4-6,9-13,15,18H,1-3,7-8,25H2,(H,27,29,31). The molecule has 8 heteroatoms. The molecule has 3 N–H and O–H groups in total. The highest BCUT2D eigenvalue weighted by Crippen LogP contribution is 2.32. The summed E-state index contributed by atoms with van der Waals surface area (Å²) in [6, 6.07) is 12.5. The van der Waals surface area contributed by atoms with Gasteiger partial charge in [0.25, 0.3) is 0 Å². The summed E-state index contributed by atoms with van der Waals surface area (Å²) in [6.45, 7) is 0. The van der Waals surface area contributed by atoms with Crippen molar-refractivity contribution < 1.29 is 4.79 Å². The first kappa shape index (κ1) is 20.3. The van der Waals surface area contributed by atoms with Gasteiger partial charge < -0.3 is 5.73 Å². The van der Waals surface area contributed by atoms with Gasteiger partial charge >= 0.3 is 6.03 Å². The molecule has 0 radical (unpaired) electrons. The van der Waals surface area contributed by atoms with Gasteiger partial charge in [0.2, 0.25) is 0 Å². The van der Waals surface area contributed by atoms with Crippen molar-refractivity contribution in [2.75, 3.05) is 16.0 Å². The lowest BCUT2D eigenvalue weighted by molar-refractivity contribution is 0.252. The first-order chi connectivity index (χ1) is 15.2. The third-order valence-electron chi connectivity index (χ3n) is 5.38. The van der Waals surface area contributed by atoms with E-state index in [1.165, 1.54) is 12.4 Å². The molecule has 2 heterocycles. The minimum atomic E-state index is -0.338. The fourth-order valence-corrected chi connectivity index (χ4v) is 3.87. The lowest BCUT2D eigenvalue weighted by Gasteiger charge is -2.34. The summed E-state index contributed by atoms with van der Waals surface area (Å²) in [7, 11) is 0. The van der Waals surface area contributed by atoms with Crippen LogP contribution in [0.5, 0.6) is 0 Å². The molecule has 0 atom stereocenters. The highest BCUT2D eigenvalue weighted by molar-refractivity contribution is 6.02. The van der Waals surface area contributed by atoms with Crippen LogP contribution in [0, 0.1) is 11.3 Å². The van der Waals surface area contributed by atoms with Crippen molar-refractivity contribution in [1.82, 2.24) is 15.0 Å². The third-order valence-corrected chi connectivity index (χ3v) is 5.38. The van der Waals surface area contributed by atoms with Crippen LogP contribution in [0.25, 0.3) is 11.3 Å². The molecule has 1 aliphatic rings. The maximum atomic E-state index is 13.3. The minimum Gasteiger partial charge on any atom is -0.396 e. The van der Waals surface area contributed by atoms with Crippen LogP contribution < -0.4 is 16.0 Å². The highest BCUT2D eigenvalue weighted by atomic mass is 16.2. The Balaban J connectivity index is 1.73. The van der Waals surface area contributed by atoms with Crippen molar-refractivity contribution in [1.29, 1.82) is 5.26 Å². The Morgan fingerprint density at radius 2 is 2.00 bits per heavy atom. The van der Waals surface area contributed by atoms with E-state index in [0.29, 0.717) is 28.6 Å². The highest BCUT2D eigenvalue weighted by Gasteiger charge is 2.30. The van der Waals surface area contributed by atoms with Gasteiger partial charge in [0.1, 0.15) is 0 Å². The molecule has 1 saturated carbocycles. The number of rotatable bonds is 4. The fourth-order valence-electron chi connectivity index (χ4n) is 3.87. The van der Waals surface area contributed by atoms with Gasteiger partial charge in [0.05, 0.1) is 29.2 Å². The topological polar surface area (TPSA) is 121 Å². The molecule has 2 aromatic heterocycles. The van der Waals surface area contributed by atoms with Gasteiger partial charge in [-0.25, -0.2) is 14.8 Å². The van der Waals surface area contributed by atoms with Gasteiger partial charge in [-0.2, -0.15) is 5.26 Å². The largest absolute Gasteiger partial charge is 0.396 e. The smallest absolute Gasteiger partial charge is 0.329 e. The van der Waals surface area contributed by atoms with E-state index in [-0.39, 0.29) is 12.1 Å². The van der Waals surface area contributed by atoms with E-state index in [0.717, 1.165) is 37.7 Å². The van der Waals surface area contributed by atoms with E-state index < -0.39 is 0 Å². The number of benzene rings is 1. The predicted molar refractivity (Wildman–Crippen MR) is 119 cm³/mol. The number of pyridine rings is 1. The summed E-state index contributed by atoms with van der Waals surface area (Å²) in [4.78, 5) is 27.9. The molecule has 2 amide bonds. The number of urea groups is 1. The number of nitrogen functional groups attached to an aromatic ring is 1. The number of amides is 2. The van der Waals surface area contributed by atoms with Crippen molar-refractivity contribution in [2.24, 2.45) is 0 Å². The molecular formula is C23H23N7O. The SMILES string of the molecule is N#Cc1cccc(-c2ccc(N)c(N(C(=O)Nc3cnccn3)C3CCCCC3)n2)c1. The average molecular weight is 413 g/mol. The molecule has 3 aromatic rings. The molecule has 0 bridgehead atoms. The summed E-state index contributed by atoms with van der Waals surface area (Å²) < 4.78 is 0. The second-order valence-corrected chi connectivity index (χ2v) is 7.48. The van der Waals surface area contributed by atoms with Gasteiger partial charge in [-0.1, -0.05) is 31.4 Å². The zero-order chi connectivity index (χ0) is 21.6. The average Bonchev–Trinajstić information content (AvgIpc) is 2.82. The van der Waals surface area contributed by atoms with Crippen LogP contribution in [0.3, 0.4) is 0 Å². The van der Waals surface area contributed by atoms with E-state index in [9.17, 15) is 10.1 Å². The second kappa shape index (κ2) is 9.22. The number of carbonyl (C=O) groups excluding carboxylic acids is 1. The Kier molecular flexibility index (Phi) is 6.03. The van der Waals surface area contributed by atoms with E-state index in [2.05, 4.69) is 21.4 Å². The van der Waals surface area contributed by atoms with Gasteiger partial charge in [-0.15, -0.1) is 0 Å². The summed E-state index contributed by atoms with van der Waals surface area (Å²) in [5.74, 6) is 0.776. The van der Waals surface area contributed by atoms with E-state index in [1.54, 1.807) is 35.4 Å². The molecule has 1 fully saturated rings. The van der Waals surface area contributed by atoms with E-state index >= 15 is 0 Å². The molecular weight excluding hydrogens is 390 g/mol. The zero-order valence-corrected chi connectivity index (χ0v) is 17.0. The lowest BCUT2D eigenvalue weighted by atomic mass is 9.94. The fraction of sp³-hybridized carbons (Fsp3) is 0.261. The van der Waals surface area contributed by atoms with Gasteiger partial charge in [0, 0.05) is 24.0 Å². The van der Waals surface area contributed by atoms with Crippen LogP contribution in [-0.4, -0.2) is 27.0 Å². The molecule has 0 spiro atoms. The number of hydrogen-bond acceptors (Lipinski definition) is 6. The molecule has 4 rings (SSSR count). The Morgan fingerprint density at radius 3 is 2.74 bits per heavy atom. The number of anilines is 3. The molecule has 8 nitrogen and oxygen atoms in total. The molecule has 0 unspecified atom stereocenters. The quantitative estimate of drug-likeness (QED) is 0.655. The van der Waals surface area contributed by atoms with Crippen LogP contribution >= 0.6 is 0 Å². The number of nitrogens with two attached hydrogens (primary N) is 1. The maximum Gasteiger partial charge on any atom is 0.329 e. The third kappa shape index (κ3) is 4.61. The minimum absolute atomic E-state index is 0.0130. The second-order valence-electron chi connectivity index (χ2n) is 7.48. The number of carbonyl (C=O) groups is 1. The molecule has 1 aromatic carbocycles. The first-order valence-electron chi connectivity index (χ1n) is 10.3. The van der Waals surface area contributed by atoms with Crippen LogP contribution in [0.4, 0.5) is 22.1 Å². The van der Waals surface area contributed by atoms with Crippen molar-refractivity contribution in [3.63, 3.8) is 0 Å². The van der Waals surface area contributed by atoms with Crippen molar-refractivity contribution in [3.05, 3.63) is 60.6 Å². The molecule has 0 aliphatic heterocycles. The summed E-state index contributed by atoms with van der Waals surface area (Å²) in [5, 5.41) is 12.0. The van der Waals surface area contributed by atoms with Crippen LogP contribution in [0.15, 0.2) is 55.0 Å². The summed E-state index contributed by atoms with van der Waals surface area (Å²) in [5.41, 5.74) is 8.70. The maximum absolute atomic E-state index is 13.3. The number of nitriles is 1. The van der Waals surface area contributed by atoms with Gasteiger partial charge in [-0.3, -0.25) is 15.2 Å². The lowest BCUT2D eigenvalue weighted by Crippen LogP contribution is -2.45. The molecule has 1 aliphatic carbocycles.